The van der Waals surface area contributed by atoms with Gasteiger partial charge in [0, 0.05) is 17.7 Å². The van der Waals surface area contributed by atoms with Crippen molar-refractivity contribution in [3.63, 3.8) is 0 Å². The van der Waals surface area contributed by atoms with Crippen molar-refractivity contribution in [2.45, 2.75) is 17.9 Å². The van der Waals surface area contributed by atoms with Gasteiger partial charge >= 0.3 is 0 Å². The average Bonchev–Trinajstić information content (AvgIpc) is 2.40. The lowest BCUT2D eigenvalue weighted by molar-refractivity contribution is 0.540. The van der Waals surface area contributed by atoms with Crippen LogP contribution in [-0.2, 0) is 10.0 Å². The highest BCUT2D eigenvalue weighted by atomic mass is 35.5. The van der Waals surface area contributed by atoms with Crippen LogP contribution in [-0.4, -0.2) is 8.42 Å². The van der Waals surface area contributed by atoms with Crippen LogP contribution in [0.2, 0.25) is 5.02 Å². The van der Waals surface area contributed by atoms with Gasteiger partial charge < -0.3 is 0 Å². The Morgan fingerprint density at radius 1 is 1.05 bits per heavy atom. The molecule has 0 radical (unpaired) electrons. The van der Waals surface area contributed by atoms with E-state index in [4.69, 9.17) is 11.6 Å². The lowest BCUT2D eigenvalue weighted by atomic mass is 10.1. The summed E-state index contributed by atoms with van der Waals surface area (Å²) in [6.45, 7) is 1.40. The second-order valence-corrected chi connectivity index (χ2v) is 6.71. The Morgan fingerprint density at radius 2 is 1.73 bits per heavy atom. The third-order valence-electron chi connectivity index (χ3n) is 2.96. The average molecular weight is 350 g/mol. The largest absolute Gasteiger partial charge is 0.241 e. The molecule has 0 saturated carbocycles. The molecular weight excluding hydrogens is 339 g/mol. The standard InChI is InChI=1S/C14H11ClF3NO2S/c1-8(11-4-2-9(16)6-14(11)18)19-22(20,21)10-3-5-13(17)12(15)7-10/h2-8,19H,1H3/t8-/m1/s1. The van der Waals surface area contributed by atoms with E-state index >= 15 is 0 Å². The second kappa shape index (κ2) is 6.28. The summed E-state index contributed by atoms with van der Waals surface area (Å²) >= 11 is 5.55. The first kappa shape index (κ1) is 16.8. The molecule has 0 fully saturated rings. The van der Waals surface area contributed by atoms with E-state index in [1.807, 2.05) is 0 Å². The molecule has 1 atom stereocenters. The van der Waals surface area contributed by atoms with Gasteiger partial charge in [0.25, 0.3) is 0 Å². The fraction of sp³-hybridized carbons (Fsp3) is 0.143. The minimum Gasteiger partial charge on any atom is -0.207 e. The van der Waals surface area contributed by atoms with Gasteiger partial charge in [-0.15, -0.1) is 0 Å². The second-order valence-electron chi connectivity index (χ2n) is 4.58. The number of halogens is 4. The minimum atomic E-state index is -4.04. The topological polar surface area (TPSA) is 46.2 Å². The van der Waals surface area contributed by atoms with Crippen LogP contribution in [0.25, 0.3) is 0 Å². The monoisotopic (exact) mass is 349 g/mol. The van der Waals surface area contributed by atoms with E-state index in [9.17, 15) is 21.6 Å². The summed E-state index contributed by atoms with van der Waals surface area (Å²) in [5.74, 6) is -2.38. The SMILES string of the molecule is C[C@@H](NS(=O)(=O)c1ccc(F)c(Cl)c1)c1ccc(F)cc1F. The molecule has 0 aliphatic carbocycles. The van der Waals surface area contributed by atoms with Gasteiger partial charge in [0.1, 0.15) is 17.5 Å². The third kappa shape index (κ3) is 3.60. The Labute approximate surface area is 130 Å². The summed E-state index contributed by atoms with van der Waals surface area (Å²) in [6.07, 6.45) is 0. The van der Waals surface area contributed by atoms with Crippen molar-refractivity contribution in [2.75, 3.05) is 0 Å². The number of nitrogens with one attached hydrogen (secondary N) is 1. The van der Waals surface area contributed by atoms with Crippen molar-refractivity contribution in [3.8, 4) is 0 Å². The predicted octanol–water partition coefficient (Wildman–Crippen LogP) is 3.80. The quantitative estimate of drug-likeness (QED) is 0.912. The van der Waals surface area contributed by atoms with Crippen LogP contribution in [0.3, 0.4) is 0 Å². The lowest BCUT2D eigenvalue weighted by Crippen LogP contribution is -2.27. The van der Waals surface area contributed by atoms with Gasteiger partial charge in [-0.05, 0) is 31.2 Å². The van der Waals surface area contributed by atoms with Crippen LogP contribution in [0.1, 0.15) is 18.5 Å². The van der Waals surface area contributed by atoms with E-state index in [0.29, 0.717) is 6.07 Å². The van der Waals surface area contributed by atoms with Gasteiger partial charge in [-0.2, -0.15) is 0 Å². The molecule has 8 heteroatoms. The molecule has 3 nitrogen and oxygen atoms in total. The summed E-state index contributed by atoms with van der Waals surface area (Å²) < 4.78 is 66.2. The van der Waals surface area contributed by atoms with Gasteiger partial charge in [-0.1, -0.05) is 17.7 Å². The zero-order valence-corrected chi connectivity index (χ0v) is 12.9. The van der Waals surface area contributed by atoms with E-state index in [1.54, 1.807) is 0 Å². The maximum absolute atomic E-state index is 13.7. The number of sulfonamides is 1. The first-order valence-corrected chi connectivity index (χ1v) is 7.99. The summed E-state index contributed by atoms with van der Waals surface area (Å²) in [5.41, 5.74) is -0.0156. The van der Waals surface area contributed by atoms with Crippen LogP contribution in [0.5, 0.6) is 0 Å². The molecule has 2 aromatic rings. The van der Waals surface area contributed by atoms with Crippen LogP contribution < -0.4 is 4.72 Å². The zero-order chi connectivity index (χ0) is 16.5. The summed E-state index contributed by atoms with van der Waals surface area (Å²) in [4.78, 5) is -0.256. The number of rotatable bonds is 4. The van der Waals surface area contributed by atoms with Gasteiger partial charge in [-0.25, -0.2) is 26.3 Å². The van der Waals surface area contributed by atoms with E-state index in [2.05, 4.69) is 4.72 Å². The molecule has 0 aliphatic heterocycles. The van der Waals surface area contributed by atoms with Crippen molar-refractivity contribution in [1.29, 1.82) is 0 Å². The smallest absolute Gasteiger partial charge is 0.207 e. The predicted molar refractivity (Wildman–Crippen MR) is 76.5 cm³/mol. The lowest BCUT2D eigenvalue weighted by Gasteiger charge is -2.15. The van der Waals surface area contributed by atoms with Crippen LogP contribution in [0, 0.1) is 17.5 Å². The van der Waals surface area contributed by atoms with E-state index in [-0.39, 0.29) is 15.5 Å². The van der Waals surface area contributed by atoms with Gasteiger partial charge in [-0.3, -0.25) is 0 Å². The van der Waals surface area contributed by atoms with Gasteiger partial charge in [0.15, 0.2) is 0 Å². The molecule has 0 aliphatic rings. The molecule has 118 valence electrons. The highest BCUT2D eigenvalue weighted by Crippen LogP contribution is 2.23. The molecule has 0 bridgehead atoms. The number of hydrogen-bond donors (Lipinski definition) is 1. The Morgan fingerprint density at radius 3 is 2.32 bits per heavy atom. The van der Waals surface area contributed by atoms with Crippen molar-refractivity contribution >= 4 is 21.6 Å². The zero-order valence-electron chi connectivity index (χ0n) is 11.3. The van der Waals surface area contributed by atoms with Crippen LogP contribution in [0.15, 0.2) is 41.3 Å². The molecule has 0 spiro atoms. The maximum atomic E-state index is 13.7. The van der Waals surface area contributed by atoms with Crippen molar-refractivity contribution in [3.05, 3.63) is 64.4 Å². The highest BCUT2D eigenvalue weighted by Gasteiger charge is 2.21. The molecule has 0 saturated heterocycles. The Bertz CT molecular complexity index is 812. The number of hydrogen-bond acceptors (Lipinski definition) is 2. The first-order chi connectivity index (χ1) is 10.2. The normalized spacial score (nSPS) is 13.1. The van der Waals surface area contributed by atoms with Gasteiger partial charge in [0.2, 0.25) is 10.0 Å². The summed E-state index contributed by atoms with van der Waals surface area (Å²) in [5, 5.41) is -0.344. The van der Waals surface area contributed by atoms with Crippen molar-refractivity contribution in [1.82, 2.24) is 4.72 Å². The van der Waals surface area contributed by atoms with E-state index in [0.717, 1.165) is 30.3 Å². The third-order valence-corrected chi connectivity index (χ3v) is 4.79. The fourth-order valence-corrected chi connectivity index (χ4v) is 3.35. The summed E-state index contributed by atoms with van der Waals surface area (Å²) in [6, 6.07) is 4.79. The van der Waals surface area contributed by atoms with Crippen molar-refractivity contribution < 1.29 is 21.6 Å². The minimum absolute atomic E-state index is 0.0156. The molecule has 2 aromatic carbocycles. The maximum Gasteiger partial charge on any atom is 0.241 e. The van der Waals surface area contributed by atoms with Crippen molar-refractivity contribution in [2.24, 2.45) is 0 Å². The number of benzene rings is 2. The Balaban J connectivity index is 2.29. The molecule has 0 aromatic heterocycles. The molecule has 1 N–H and O–H groups in total. The highest BCUT2D eigenvalue weighted by molar-refractivity contribution is 7.89. The van der Waals surface area contributed by atoms with E-state index < -0.39 is 33.5 Å². The Hall–Kier alpha value is -1.57. The molecule has 0 amide bonds. The van der Waals surface area contributed by atoms with Gasteiger partial charge in [0.05, 0.1) is 9.92 Å². The Kier molecular flexibility index (Phi) is 4.79. The molecule has 2 rings (SSSR count). The molecule has 0 unspecified atom stereocenters. The first-order valence-electron chi connectivity index (χ1n) is 6.13. The summed E-state index contributed by atoms with van der Waals surface area (Å²) in [7, 11) is -4.04. The fourth-order valence-electron chi connectivity index (χ4n) is 1.86. The van der Waals surface area contributed by atoms with E-state index in [1.165, 1.54) is 6.92 Å². The van der Waals surface area contributed by atoms with Crippen LogP contribution in [0.4, 0.5) is 13.2 Å². The molecule has 22 heavy (non-hydrogen) atoms. The van der Waals surface area contributed by atoms with Crippen LogP contribution >= 0.6 is 11.6 Å². The molecule has 0 heterocycles. The molecular formula is C14H11ClF3NO2S.